The van der Waals surface area contributed by atoms with Crippen LogP contribution in [0.1, 0.15) is 129 Å². The van der Waals surface area contributed by atoms with Gasteiger partial charge >= 0.3 is 0 Å². The van der Waals surface area contributed by atoms with Crippen molar-refractivity contribution < 1.29 is 19.0 Å². The maximum absolute atomic E-state index is 13.5. The molecule has 1 aromatic rings. The van der Waals surface area contributed by atoms with Crippen molar-refractivity contribution in [1.82, 2.24) is 4.57 Å². The van der Waals surface area contributed by atoms with Gasteiger partial charge in [0.15, 0.2) is 6.61 Å². The molecule has 0 amide bonds. The first kappa shape index (κ1) is 37.3. The van der Waals surface area contributed by atoms with Crippen molar-refractivity contribution in [3.8, 4) is 5.75 Å². The zero-order chi connectivity index (χ0) is 30.1. The van der Waals surface area contributed by atoms with Gasteiger partial charge in [-0.25, -0.2) is 0 Å². The molecule has 5 nitrogen and oxygen atoms in total. The summed E-state index contributed by atoms with van der Waals surface area (Å²) in [6.45, 7) is 7.25. The van der Waals surface area contributed by atoms with Crippen LogP contribution in [0.3, 0.4) is 0 Å². The number of benzene rings is 1. The van der Waals surface area contributed by atoms with Gasteiger partial charge in [-0.2, -0.15) is 0 Å². The lowest BCUT2D eigenvalue weighted by Gasteiger charge is -2.44. The molecule has 42 heavy (non-hydrogen) atoms. The van der Waals surface area contributed by atoms with E-state index in [1.54, 1.807) is 18.3 Å². The summed E-state index contributed by atoms with van der Waals surface area (Å²) < 4.78 is 20.0. The molecule has 1 aliphatic heterocycles. The van der Waals surface area contributed by atoms with E-state index in [1.807, 2.05) is 30.3 Å². The number of unbranched alkanes of at least 4 members (excludes halogenated alkanes) is 13. The maximum atomic E-state index is 13.5. The first-order chi connectivity index (χ1) is 20.6. The highest BCUT2D eigenvalue weighted by atomic mass is 32.4. The number of carbonyl (C=O) groups is 1. The second kappa shape index (κ2) is 24.5. The van der Waals surface area contributed by atoms with Crippen LogP contribution in [0.25, 0.3) is 0 Å². The molecule has 7 heteroatoms. The van der Waals surface area contributed by atoms with Crippen LogP contribution in [0.2, 0.25) is 12.1 Å². The number of methoxy groups -OCH3 is 1. The first-order valence-electron chi connectivity index (χ1n) is 17.4. The normalized spacial score (nSPS) is 19.8. The van der Waals surface area contributed by atoms with Crippen LogP contribution in [0.5, 0.6) is 5.75 Å². The van der Waals surface area contributed by atoms with Gasteiger partial charge in [-0.3, -0.25) is 4.79 Å². The van der Waals surface area contributed by atoms with Gasteiger partial charge in [-0.1, -0.05) is 140 Å². The van der Waals surface area contributed by atoms with Crippen LogP contribution in [0.4, 0.5) is 0 Å². The number of hydrogen-bond donors (Lipinski definition) is 0. The number of rotatable bonds is 24. The minimum atomic E-state index is -2.08. The molecule has 0 spiro atoms. The Morgan fingerprint density at radius 1 is 0.857 bits per heavy atom. The van der Waals surface area contributed by atoms with Crippen molar-refractivity contribution in [2.24, 2.45) is 0 Å². The number of hydrogen-bond acceptors (Lipinski definition) is 6. The molecule has 0 aromatic heterocycles. The van der Waals surface area contributed by atoms with Crippen molar-refractivity contribution in [2.75, 3.05) is 33.6 Å². The van der Waals surface area contributed by atoms with E-state index in [2.05, 4.69) is 18.4 Å². The van der Waals surface area contributed by atoms with E-state index in [-0.39, 0.29) is 17.8 Å². The molecule has 1 aliphatic rings. The first-order valence-corrected chi connectivity index (χ1v) is 21.3. The maximum Gasteiger partial charge on any atom is 0.222 e. The van der Waals surface area contributed by atoms with Crippen molar-refractivity contribution in [3.05, 3.63) is 30.3 Å². The molecule has 1 saturated heterocycles. The lowest BCUT2D eigenvalue weighted by Crippen LogP contribution is -2.54. The lowest BCUT2D eigenvalue weighted by atomic mass is 10.1. The number of nitrogens with zero attached hydrogens (tertiary/aromatic N) is 1. The third-order valence-electron chi connectivity index (χ3n) is 8.67. The topological polar surface area (TPSA) is 48.0 Å². The second-order valence-electron chi connectivity index (χ2n) is 12.2. The zero-order valence-corrected chi connectivity index (χ0v) is 29.2. The third kappa shape index (κ3) is 16.3. The van der Waals surface area contributed by atoms with Crippen molar-refractivity contribution in [1.29, 1.82) is 0 Å². The second-order valence-corrected chi connectivity index (χ2v) is 19.3. The fraction of sp³-hybridized carbons (Fsp3) is 0.800. The molecule has 0 N–H and O–H groups in total. The van der Waals surface area contributed by atoms with Gasteiger partial charge in [0.05, 0.1) is 6.10 Å². The SMILES string of the molecule is CCCCCCCCCCCCN1CCC(OCOC)CCC[Si]1(CCCCCCC)SC(=O)COc1ccccc1. The lowest BCUT2D eigenvalue weighted by molar-refractivity contribution is -0.112. The summed E-state index contributed by atoms with van der Waals surface area (Å²) in [5, 5.41) is 0.208. The van der Waals surface area contributed by atoms with Gasteiger partial charge in [0.2, 0.25) is 12.5 Å². The van der Waals surface area contributed by atoms with Crippen molar-refractivity contribution in [2.45, 2.75) is 148 Å². The summed E-state index contributed by atoms with van der Waals surface area (Å²) in [5.41, 5.74) is 0. The van der Waals surface area contributed by atoms with Crippen LogP contribution in [0, 0.1) is 0 Å². The average Bonchev–Trinajstić information content (AvgIpc) is 3.00. The number of para-hydroxylation sites is 1. The van der Waals surface area contributed by atoms with Gasteiger partial charge in [0.25, 0.3) is 0 Å². The molecule has 1 heterocycles. The molecule has 0 aliphatic carbocycles. The highest BCUT2D eigenvalue weighted by Crippen LogP contribution is 2.39. The Morgan fingerprint density at radius 2 is 1.48 bits per heavy atom. The standard InChI is InChI=1S/C35H63NO4SSi/c1-4-6-8-10-11-12-13-14-15-20-27-36-28-26-34(40-32-38-3)25-22-30-42(36,29-21-16-9-7-5-2)41-35(37)31-39-33-23-18-17-19-24-33/h17-19,23-24,34H,4-16,20-22,25-32H2,1-3H3. The molecular weight excluding hydrogens is 559 g/mol. The molecular formula is C35H63NO4SSi. The minimum absolute atomic E-state index is 0.158. The Bertz CT molecular complexity index is 786. The predicted molar refractivity (Wildman–Crippen MR) is 183 cm³/mol. The highest BCUT2D eigenvalue weighted by Gasteiger charge is 2.43. The monoisotopic (exact) mass is 621 g/mol. The Morgan fingerprint density at radius 3 is 2.12 bits per heavy atom. The minimum Gasteiger partial charge on any atom is -0.485 e. The number of ether oxygens (including phenoxy) is 3. The van der Waals surface area contributed by atoms with Gasteiger partial charge in [-0.15, -0.1) is 0 Å². The summed E-state index contributed by atoms with van der Waals surface area (Å²) >= 11 is 1.72. The largest absolute Gasteiger partial charge is 0.485 e. The summed E-state index contributed by atoms with van der Waals surface area (Å²) in [6.07, 6.45) is 23.4. The van der Waals surface area contributed by atoms with E-state index >= 15 is 0 Å². The van der Waals surface area contributed by atoms with Crippen LogP contribution in [-0.2, 0) is 14.3 Å². The highest BCUT2D eigenvalue weighted by molar-refractivity contribution is 8.39. The van der Waals surface area contributed by atoms with Crippen LogP contribution in [-0.4, -0.2) is 56.8 Å². The predicted octanol–water partition coefficient (Wildman–Crippen LogP) is 10.1. The summed E-state index contributed by atoms with van der Waals surface area (Å²) in [7, 11) is -0.372. The Hall–Kier alpha value is -0.863. The molecule has 1 aromatic carbocycles. The molecule has 0 bridgehead atoms. The fourth-order valence-corrected chi connectivity index (χ4v) is 14.5. The molecule has 242 valence electrons. The van der Waals surface area contributed by atoms with Crippen LogP contribution >= 0.6 is 11.2 Å². The van der Waals surface area contributed by atoms with E-state index in [1.165, 1.54) is 102 Å². The molecule has 2 rings (SSSR count). The van der Waals surface area contributed by atoms with E-state index in [4.69, 9.17) is 14.2 Å². The smallest absolute Gasteiger partial charge is 0.222 e. The van der Waals surface area contributed by atoms with Crippen LogP contribution < -0.4 is 4.74 Å². The van der Waals surface area contributed by atoms with Gasteiger partial charge in [0.1, 0.15) is 12.5 Å². The van der Waals surface area contributed by atoms with Crippen molar-refractivity contribution in [3.63, 3.8) is 0 Å². The van der Waals surface area contributed by atoms with E-state index in [0.717, 1.165) is 44.1 Å². The quantitative estimate of drug-likeness (QED) is 0.0650. The Balaban J connectivity index is 2.04. The van der Waals surface area contributed by atoms with E-state index in [0.29, 0.717) is 6.79 Å². The summed E-state index contributed by atoms with van der Waals surface area (Å²) in [4.78, 5) is 13.5. The molecule has 1 fully saturated rings. The summed E-state index contributed by atoms with van der Waals surface area (Å²) in [5.74, 6) is 0.778. The molecule has 0 saturated carbocycles. The van der Waals surface area contributed by atoms with Crippen molar-refractivity contribution >= 4 is 23.7 Å². The van der Waals surface area contributed by atoms with E-state index in [9.17, 15) is 4.79 Å². The number of carbonyl (C=O) groups excluding carboxylic acids is 1. The fourth-order valence-electron chi connectivity index (χ4n) is 6.20. The summed E-state index contributed by atoms with van der Waals surface area (Å²) in [6, 6.07) is 12.1. The molecule has 0 radical (unpaired) electrons. The molecule has 2 unspecified atom stereocenters. The van der Waals surface area contributed by atoms with Gasteiger partial charge in [-0.05, 0) is 56.6 Å². The van der Waals surface area contributed by atoms with Crippen LogP contribution in [0.15, 0.2) is 30.3 Å². The molecule has 2 atom stereocenters. The van der Waals surface area contributed by atoms with Gasteiger partial charge in [0, 0.05) is 7.11 Å². The average molecular weight is 622 g/mol. The zero-order valence-electron chi connectivity index (χ0n) is 27.4. The Kier molecular flexibility index (Phi) is 21.7. The Labute approximate surface area is 263 Å². The third-order valence-corrected chi connectivity index (χ3v) is 17.1. The van der Waals surface area contributed by atoms with E-state index < -0.39 is 7.38 Å². The van der Waals surface area contributed by atoms with Gasteiger partial charge < -0.3 is 18.8 Å².